The van der Waals surface area contributed by atoms with Crippen LogP contribution in [0.15, 0.2) is 36.4 Å². The van der Waals surface area contributed by atoms with E-state index in [0.29, 0.717) is 13.0 Å². The Kier molecular flexibility index (Phi) is 8.21. The summed E-state index contributed by atoms with van der Waals surface area (Å²) in [6, 6.07) is 10.3. The number of hydrogen-bond donors (Lipinski definition) is 2. The smallest absolute Gasteiger partial charge is 0.312 e. The van der Waals surface area contributed by atoms with Gasteiger partial charge < -0.3 is 16.0 Å². The van der Waals surface area contributed by atoms with E-state index < -0.39 is 6.03 Å². The van der Waals surface area contributed by atoms with E-state index in [4.69, 9.17) is 5.73 Å². The minimum absolute atomic E-state index is 0.210. The number of nitrogens with one attached hydrogen (secondary N) is 1. The molecule has 3 rings (SSSR count). The fourth-order valence-electron chi connectivity index (χ4n) is 3.58. The molecule has 8 heteroatoms. The number of thiophene rings is 1. The highest BCUT2D eigenvalue weighted by Crippen LogP contribution is 2.29. The molecule has 0 aliphatic carbocycles. The summed E-state index contributed by atoms with van der Waals surface area (Å²) in [5, 5.41) is 2.56. The van der Waals surface area contributed by atoms with Gasteiger partial charge in [0.15, 0.2) is 0 Å². The molecule has 1 aliphatic rings. The van der Waals surface area contributed by atoms with Crippen molar-refractivity contribution in [2.75, 3.05) is 32.7 Å². The monoisotopic (exact) mass is 432 g/mol. The molecule has 0 spiro atoms. The van der Waals surface area contributed by atoms with Crippen molar-refractivity contribution in [3.63, 3.8) is 0 Å². The molecule has 1 aliphatic heterocycles. The summed E-state index contributed by atoms with van der Waals surface area (Å²) in [6.45, 7) is 4.65. The van der Waals surface area contributed by atoms with Gasteiger partial charge in [0.25, 0.3) is 0 Å². The number of hydrogen-bond acceptors (Lipinski definition) is 4. The van der Waals surface area contributed by atoms with Crippen molar-refractivity contribution >= 4 is 23.3 Å². The summed E-state index contributed by atoms with van der Waals surface area (Å²) in [6.07, 6.45) is 3.12. The molecule has 162 valence electrons. The average Bonchev–Trinajstić information content (AvgIpc) is 3.19. The van der Waals surface area contributed by atoms with Crippen LogP contribution in [-0.2, 0) is 11.3 Å². The molecular formula is C22H29FN4O2S. The Hall–Kier alpha value is -2.45. The number of carbonyl (C=O) groups excluding carboxylic acids is 2. The Bertz CT molecular complexity index is 849. The van der Waals surface area contributed by atoms with Crippen LogP contribution in [0, 0.1) is 5.82 Å². The van der Waals surface area contributed by atoms with Crippen molar-refractivity contribution < 1.29 is 14.0 Å². The Morgan fingerprint density at radius 3 is 2.60 bits per heavy atom. The van der Waals surface area contributed by atoms with Gasteiger partial charge in [0.1, 0.15) is 5.82 Å². The maximum absolute atomic E-state index is 13.4. The number of piperazine rings is 1. The van der Waals surface area contributed by atoms with Crippen LogP contribution in [-0.4, -0.2) is 54.5 Å². The highest BCUT2D eigenvalue weighted by molar-refractivity contribution is 7.15. The minimum Gasteiger partial charge on any atom is -0.352 e. The third kappa shape index (κ3) is 6.81. The molecule has 1 fully saturated rings. The van der Waals surface area contributed by atoms with Gasteiger partial charge in [-0.3, -0.25) is 9.69 Å². The first-order chi connectivity index (χ1) is 14.5. The molecule has 6 nitrogen and oxygen atoms in total. The first kappa shape index (κ1) is 22.2. The molecule has 0 unspecified atom stereocenters. The Balaban J connectivity index is 1.36. The summed E-state index contributed by atoms with van der Waals surface area (Å²) in [7, 11) is 0. The van der Waals surface area contributed by atoms with Crippen LogP contribution in [0.1, 0.15) is 30.6 Å². The van der Waals surface area contributed by atoms with Gasteiger partial charge in [0.05, 0.1) is 0 Å². The normalized spacial score (nSPS) is 14.6. The van der Waals surface area contributed by atoms with E-state index >= 15 is 0 Å². The lowest BCUT2D eigenvalue weighted by molar-refractivity contribution is -0.133. The van der Waals surface area contributed by atoms with E-state index in [9.17, 15) is 14.0 Å². The lowest BCUT2D eigenvalue weighted by Gasteiger charge is -2.34. The fourth-order valence-corrected chi connectivity index (χ4v) is 4.63. The number of amides is 3. The van der Waals surface area contributed by atoms with E-state index in [2.05, 4.69) is 16.3 Å². The van der Waals surface area contributed by atoms with Crippen LogP contribution in [0.2, 0.25) is 0 Å². The summed E-state index contributed by atoms with van der Waals surface area (Å²) in [5.74, 6) is -0.00686. The van der Waals surface area contributed by atoms with E-state index in [-0.39, 0.29) is 11.7 Å². The zero-order valence-electron chi connectivity index (χ0n) is 17.1. The molecule has 2 aromatic rings. The Morgan fingerprint density at radius 1 is 1.07 bits per heavy atom. The van der Waals surface area contributed by atoms with Crippen LogP contribution < -0.4 is 11.1 Å². The molecule has 3 N–H and O–H groups in total. The summed E-state index contributed by atoms with van der Waals surface area (Å²) in [5.41, 5.74) is 5.93. The van der Waals surface area contributed by atoms with Crippen LogP contribution in [0.3, 0.4) is 0 Å². The van der Waals surface area contributed by atoms with Gasteiger partial charge in [0, 0.05) is 55.4 Å². The molecule has 3 amide bonds. The summed E-state index contributed by atoms with van der Waals surface area (Å²) >= 11 is 1.69. The Labute approximate surface area is 180 Å². The first-order valence-electron chi connectivity index (χ1n) is 10.4. The van der Waals surface area contributed by atoms with Crippen molar-refractivity contribution in [2.45, 2.75) is 32.2 Å². The predicted octanol–water partition coefficient (Wildman–Crippen LogP) is 3.43. The van der Waals surface area contributed by atoms with Crippen molar-refractivity contribution in [3.8, 4) is 10.4 Å². The second-order valence-electron chi connectivity index (χ2n) is 7.53. The molecule has 0 radical (unpaired) electrons. The van der Waals surface area contributed by atoms with E-state index in [0.717, 1.165) is 62.4 Å². The number of nitrogens with zero attached hydrogens (tertiary/aromatic N) is 2. The maximum atomic E-state index is 13.4. The Morgan fingerprint density at radius 2 is 1.87 bits per heavy atom. The van der Waals surface area contributed by atoms with Gasteiger partial charge in [-0.05, 0) is 42.7 Å². The van der Waals surface area contributed by atoms with Crippen molar-refractivity contribution in [1.29, 1.82) is 0 Å². The van der Waals surface area contributed by atoms with Gasteiger partial charge in [-0.15, -0.1) is 11.3 Å². The minimum atomic E-state index is -0.503. The van der Waals surface area contributed by atoms with E-state index in [1.807, 2.05) is 17.0 Å². The number of unbranched alkanes of at least 4 members (excludes halogenated alkanes) is 2. The zero-order chi connectivity index (χ0) is 21.3. The van der Waals surface area contributed by atoms with E-state index in [1.54, 1.807) is 23.5 Å². The lowest BCUT2D eigenvalue weighted by Crippen LogP contribution is -2.48. The van der Waals surface area contributed by atoms with Crippen LogP contribution in [0.4, 0.5) is 9.18 Å². The fraction of sp³-hybridized carbons (Fsp3) is 0.455. The number of carbonyl (C=O) groups is 2. The maximum Gasteiger partial charge on any atom is 0.312 e. The van der Waals surface area contributed by atoms with Gasteiger partial charge in [-0.1, -0.05) is 18.6 Å². The van der Waals surface area contributed by atoms with Gasteiger partial charge in [-0.2, -0.15) is 0 Å². The van der Waals surface area contributed by atoms with Gasteiger partial charge in [0.2, 0.25) is 5.91 Å². The van der Waals surface area contributed by atoms with Crippen molar-refractivity contribution in [1.82, 2.24) is 15.1 Å². The molecule has 1 saturated heterocycles. The van der Waals surface area contributed by atoms with Crippen LogP contribution >= 0.6 is 11.3 Å². The molecule has 30 heavy (non-hydrogen) atoms. The molecule has 2 heterocycles. The SMILES string of the molecule is NC(=O)NCCCCCC(=O)N1CCN(Cc2ccc(-c3cccc(F)c3)s2)CC1. The molecule has 0 atom stereocenters. The standard InChI is InChI=1S/C22H29FN4O2S/c23-18-6-4-5-17(15-18)20-9-8-19(30-20)16-26-11-13-27(14-12-26)21(28)7-2-1-3-10-25-22(24)29/h4-6,8-9,15H,1-3,7,10-14,16H2,(H3,24,25,29). The average molecular weight is 433 g/mol. The molecule has 0 bridgehead atoms. The summed E-state index contributed by atoms with van der Waals surface area (Å²) < 4.78 is 13.4. The topological polar surface area (TPSA) is 78.7 Å². The van der Waals surface area contributed by atoms with E-state index in [1.165, 1.54) is 10.9 Å². The molecule has 1 aromatic carbocycles. The number of rotatable bonds is 9. The van der Waals surface area contributed by atoms with Gasteiger partial charge >= 0.3 is 6.03 Å². The number of halogens is 1. The van der Waals surface area contributed by atoms with Crippen molar-refractivity contribution in [2.24, 2.45) is 5.73 Å². The number of urea groups is 1. The third-order valence-corrected chi connectivity index (χ3v) is 6.36. The molecule has 1 aromatic heterocycles. The van der Waals surface area contributed by atoms with Crippen molar-refractivity contribution in [3.05, 3.63) is 47.1 Å². The number of nitrogens with two attached hydrogens (primary N) is 1. The van der Waals surface area contributed by atoms with Crippen LogP contribution in [0.25, 0.3) is 10.4 Å². The molecular weight excluding hydrogens is 403 g/mol. The second kappa shape index (κ2) is 11.1. The molecule has 0 saturated carbocycles. The first-order valence-corrected chi connectivity index (χ1v) is 11.2. The quantitative estimate of drug-likeness (QED) is 0.596. The second-order valence-corrected chi connectivity index (χ2v) is 8.70. The largest absolute Gasteiger partial charge is 0.352 e. The number of primary amides is 1. The predicted molar refractivity (Wildman–Crippen MR) is 118 cm³/mol. The van der Waals surface area contributed by atoms with Crippen LogP contribution in [0.5, 0.6) is 0 Å². The van der Waals surface area contributed by atoms with Gasteiger partial charge in [-0.25, -0.2) is 9.18 Å². The highest BCUT2D eigenvalue weighted by atomic mass is 32.1. The summed E-state index contributed by atoms with van der Waals surface area (Å²) in [4.78, 5) is 29.6. The highest BCUT2D eigenvalue weighted by Gasteiger charge is 2.21. The zero-order valence-corrected chi connectivity index (χ0v) is 17.9. The lowest BCUT2D eigenvalue weighted by atomic mass is 10.1. The third-order valence-electron chi connectivity index (χ3n) is 5.24. The number of benzene rings is 1.